The number of benzene rings is 1. The summed E-state index contributed by atoms with van der Waals surface area (Å²) in [6.45, 7) is -0.704. The Morgan fingerprint density at radius 3 is 2.28 bits per heavy atom. The third kappa shape index (κ3) is 10.6. The lowest BCUT2D eigenvalue weighted by atomic mass is 10.1. The van der Waals surface area contributed by atoms with Crippen LogP contribution in [0, 0.1) is 0 Å². The largest absolute Gasteiger partial charge is 0.411 e. The zero-order chi connectivity index (χ0) is 18.9. The Morgan fingerprint density at radius 1 is 1.16 bits per heavy atom. The molecule has 0 aliphatic rings. The number of ether oxygens (including phenoxy) is 1. The summed E-state index contributed by atoms with van der Waals surface area (Å²) in [5.74, 6) is 0.460. The number of nitrogens with zero attached hydrogens (tertiary/aromatic N) is 1. The fraction of sp³-hybridized carbons (Fsp3) is 0.533. The van der Waals surface area contributed by atoms with Crippen LogP contribution in [0.15, 0.2) is 29.3 Å². The van der Waals surface area contributed by atoms with Crippen molar-refractivity contribution in [3.05, 3.63) is 35.4 Å². The molecule has 0 saturated carbocycles. The van der Waals surface area contributed by atoms with E-state index in [4.69, 9.17) is 0 Å². The van der Waals surface area contributed by atoms with Gasteiger partial charge >= 0.3 is 6.18 Å². The van der Waals surface area contributed by atoms with E-state index in [0.29, 0.717) is 18.1 Å². The zero-order valence-corrected chi connectivity index (χ0v) is 14.9. The molecule has 1 rings (SSSR count). The van der Waals surface area contributed by atoms with Crippen LogP contribution in [0.5, 0.6) is 0 Å². The number of guanidine groups is 1. The summed E-state index contributed by atoms with van der Waals surface area (Å²) >= 11 is 0. The van der Waals surface area contributed by atoms with Crippen molar-refractivity contribution in [2.75, 3.05) is 32.2 Å². The third-order valence-electron chi connectivity index (χ3n) is 3.01. The van der Waals surface area contributed by atoms with Gasteiger partial charge in [0.15, 0.2) is 5.96 Å². The number of sulfone groups is 1. The van der Waals surface area contributed by atoms with E-state index in [1.54, 1.807) is 31.3 Å². The second-order valence-electron chi connectivity index (χ2n) is 5.41. The molecular weight excluding hydrogens is 359 g/mol. The third-order valence-corrected chi connectivity index (χ3v) is 3.95. The minimum Gasteiger partial charge on any atom is -0.367 e. The number of alkyl halides is 3. The van der Waals surface area contributed by atoms with Crippen LogP contribution in [0.25, 0.3) is 0 Å². The molecule has 2 N–H and O–H groups in total. The van der Waals surface area contributed by atoms with Crippen LogP contribution in [-0.4, -0.2) is 52.8 Å². The molecule has 0 saturated heterocycles. The number of aliphatic imine (C=N–C) groups is 1. The predicted molar refractivity (Wildman–Crippen MR) is 90.1 cm³/mol. The zero-order valence-electron chi connectivity index (χ0n) is 14.1. The van der Waals surface area contributed by atoms with Gasteiger partial charge < -0.3 is 15.4 Å². The van der Waals surface area contributed by atoms with E-state index in [1.165, 1.54) is 0 Å². The first-order chi connectivity index (χ1) is 11.6. The van der Waals surface area contributed by atoms with Crippen molar-refractivity contribution < 1.29 is 26.3 Å². The highest BCUT2D eigenvalue weighted by Crippen LogP contribution is 2.15. The van der Waals surface area contributed by atoms with Crippen LogP contribution in [0.2, 0.25) is 0 Å². The van der Waals surface area contributed by atoms with Crippen molar-refractivity contribution in [2.45, 2.75) is 19.3 Å². The highest BCUT2D eigenvalue weighted by Gasteiger charge is 2.27. The van der Waals surface area contributed by atoms with E-state index in [2.05, 4.69) is 20.4 Å². The van der Waals surface area contributed by atoms with Crippen LogP contribution in [0.3, 0.4) is 0 Å². The molecule has 0 aliphatic carbocycles. The molecule has 1 aromatic carbocycles. The molecule has 0 bridgehead atoms. The first kappa shape index (κ1) is 21.2. The molecule has 0 radical (unpaired) electrons. The molecule has 0 atom stereocenters. The van der Waals surface area contributed by atoms with Crippen molar-refractivity contribution in [3.63, 3.8) is 0 Å². The topological polar surface area (TPSA) is 79.8 Å². The summed E-state index contributed by atoms with van der Waals surface area (Å²) in [7, 11) is -1.48. The Bertz CT molecular complexity index is 659. The van der Waals surface area contributed by atoms with Crippen molar-refractivity contribution in [2.24, 2.45) is 4.99 Å². The Hall–Kier alpha value is -1.81. The maximum absolute atomic E-state index is 12.0. The van der Waals surface area contributed by atoms with Gasteiger partial charge in [-0.15, -0.1) is 0 Å². The average molecular weight is 381 g/mol. The molecule has 25 heavy (non-hydrogen) atoms. The van der Waals surface area contributed by atoms with Gasteiger partial charge in [-0.25, -0.2) is 8.42 Å². The predicted octanol–water partition coefficient (Wildman–Crippen LogP) is 1.48. The molecule has 0 aliphatic heterocycles. The highest BCUT2D eigenvalue weighted by molar-refractivity contribution is 7.90. The average Bonchev–Trinajstić information content (AvgIpc) is 2.49. The molecule has 1 aromatic rings. The van der Waals surface area contributed by atoms with Crippen LogP contribution in [0.4, 0.5) is 13.2 Å². The molecule has 10 heteroatoms. The SMILES string of the molecule is CN=C(NCCS(C)(=O)=O)NCc1ccc(COCC(F)(F)F)cc1. The standard InChI is InChI=1S/C15H22F3N3O3S/c1-19-14(20-7-8-25(2,22)23)21-9-12-3-5-13(6-4-12)10-24-11-15(16,17)18/h3-6H,7-11H2,1-2H3,(H2,19,20,21). The quantitative estimate of drug-likeness (QED) is 0.527. The van der Waals surface area contributed by atoms with Gasteiger partial charge in [0.05, 0.1) is 12.4 Å². The van der Waals surface area contributed by atoms with E-state index in [9.17, 15) is 21.6 Å². The highest BCUT2D eigenvalue weighted by atomic mass is 32.2. The van der Waals surface area contributed by atoms with E-state index in [0.717, 1.165) is 11.8 Å². The molecule has 142 valence electrons. The smallest absolute Gasteiger partial charge is 0.367 e. The van der Waals surface area contributed by atoms with Crippen molar-refractivity contribution in [1.29, 1.82) is 0 Å². The first-order valence-corrected chi connectivity index (χ1v) is 9.50. The molecule has 0 unspecified atom stereocenters. The van der Waals surface area contributed by atoms with Crippen LogP contribution in [-0.2, 0) is 27.7 Å². The maximum Gasteiger partial charge on any atom is 0.411 e. The summed E-state index contributed by atoms with van der Waals surface area (Å²) in [6.07, 6.45) is -3.17. The lowest BCUT2D eigenvalue weighted by Crippen LogP contribution is -2.39. The first-order valence-electron chi connectivity index (χ1n) is 7.43. The van der Waals surface area contributed by atoms with Crippen molar-refractivity contribution in [3.8, 4) is 0 Å². The van der Waals surface area contributed by atoms with Crippen LogP contribution >= 0.6 is 0 Å². The lowest BCUT2D eigenvalue weighted by Gasteiger charge is -2.12. The van der Waals surface area contributed by atoms with Gasteiger partial charge in [0.25, 0.3) is 0 Å². The molecule has 0 amide bonds. The number of halogens is 3. The van der Waals surface area contributed by atoms with Gasteiger partial charge in [-0.2, -0.15) is 13.2 Å². The van der Waals surface area contributed by atoms with E-state index in [1.807, 2.05) is 0 Å². The van der Waals surface area contributed by atoms with Gasteiger partial charge in [-0.1, -0.05) is 24.3 Å². The summed E-state index contributed by atoms with van der Waals surface area (Å²) in [5, 5.41) is 5.90. The Balaban J connectivity index is 2.39. The van der Waals surface area contributed by atoms with E-state index < -0.39 is 22.6 Å². The van der Waals surface area contributed by atoms with Gasteiger partial charge in [0.2, 0.25) is 0 Å². The summed E-state index contributed by atoms with van der Waals surface area (Å²) in [6, 6.07) is 6.91. The van der Waals surface area contributed by atoms with Crippen molar-refractivity contribution >= 4 is 15.8 Å². The van der Waals surface area contributed by atoms with Gasteiger partial charge in [0.1, 0.15) is 16.4 Å². The number of hydrogen-bond donors (Lipinski definition) is 2. The number of hydrogen-bond acceptors (Lipinski definition) is 4. The van der Waals surface area contributed by atoms with Crippen LogP contribution in [0.1, 0.15) is 11.1 Å². The molecule has 0 fully saturated rings. The van der Waals surface area contributed by atoms with E-state index >= 15 is 0 Å². The Kier molecular flexibility index (Phi) is 8.17. The fourth-order valence-corrected chi connectivity index (χ4v) is 2.27. The summed E-state index contributed by atoms with van der Waals surface area (Å²) in [5.41, 5.74) is 1.54. The second-order valence-corrected chi connectivity index (χ2v) is 7.67. The normalized spacial score (nSPS) is 12.9. The summed E-state index contributed by atoms with van der Waals surface area (Å²) < 4.78 is 62.7. The number of rotatable bonds is 8. The van der Waals surface area contributed by atoms with Gasteiger partial charge in [-0.3, -0.25) is 4.99 Å². The Morgan fingerprint density at radius 2 is 1.76 bits per heavy atom. The minimum absolute atomic E-state index is 0.000320. The molecule has 0 spiro atoms. The Labute approximate surface area is 145 Å². The molecule has 0 heterocycles. The maximum atomic E-state index is 12.0. The van der Waals surface area contributed by atoms with Gasteiger partial charge in [0, 0.05) is 26.4 Å². The molecule has 0 aromatic heterocycles. The summed E-state index contributed by atoms with van der Waals surface area (Å²) in [4.78, 5) is 3.98. The van der Waals surface area contributed by atoms with Gasteiger partial charge in [-0.05, 0) is 11.1 Å². The monoisotopic (exact) mass is 381 g/mol. The van der Waals surface area contributed by atoms with E-state index in [-0.39, 0.29) is 18.9 Å². The molecule has 6 nitrogen and oxygen atoms in total. The molecular formula is C15H22F3N3O3S. The lowest BCUT2D eigenvalue weighted by molar-refractivity contribution is -0.176. The van der Waals surface area contributed by atoms with Crippen molar-refractivity contribution in [1.82, 2.24) is 10.6 Å². The number of nitrogens with one attached hydrogen (secondary N) is 2. The second kappa shape index (κ2) is 9.62. The minimum atomic E-state index is -4.33. The van der Waals surface area contributed by atoms with Crippen LogP contribution < -0.4 is 10.6 Å². The fourth-order valence-electron chi connectivity index (χ4n) is 1.80.